The molecule has 3 nitrogen and oxygen atoms in total. The molecular weight excluding hydrogens is 457 g/mol. The highest BCUT2D eigenvalue weighted by Gasteiger charge is 2.49. The van der Waals surface area contributed by atoms with E-state index in [1.54, 1.807) is 0 Å². The molecule has 0 unspecified atom stereocenters. The van der Waals surface area contributed by atoms with Gasteiger partial charge in [-0.3, -0.25) is 0 Å². The lowest BCUT2D eigenvalue weighted by Crippen LogP contribution is -2.34. The molecule has 0 spiro atoms. The molecule has 32 heavy (non-hydrogen) atoms. The Kier molecular flexibility index (Phi) is 8.55. The van der Waals surface area contributed by atoms with Crippen LogP contribution in [0.1, 0.15) is 0 Å². The minimum Gasteiger partial charge on any atom is -0.380 e. The number of hydrogen-bond acceptors (Lipinski definition) is 3. The Morgan fingerprint density at radius 1 is 0.531 bits per heavy atom. The molecule has 0 radical (unpaired) electrons. The van der Waals surface area contributed by atoms with Gasteiger partial charge < -0.3 is 4.74 Å². The summed E-state index contributed by atoms with van der Waals surface area (Å²) in [6.45, 7) is 0. The van der Waals surface area contributed by atoms with E-state index >= 15 is 0 Å². The van der Waals surface area contributed by atoms with Gasteiger partial charge in [0.05, 0.1) is 0 Å². The van der Waals surface area contributed by atoms with Crippen molar-refractivity contribution in [1.29, 1.82) is 0 Å². The van der Waals surface area contributed by atoms with Crippen LogP contribution in [-0.4, -0.2) is 24.3 Å². The first kappa shape index (κ1) is 25.1. The molecular formula is C22H15F6O3P. The average Bonchev–Trinajstić information content (AvgIpc) is 2.75. The summed E-state index contributed by atoms with van der Waals surface area (Å²) >= 11 is 0. The van der Waals surface area contributed by atoms with Crippen LogP contribution < -0.4 is 15.9 Å². The highest BCUT2D eigenvalue weighted by atomic mass is 31.1. The van der Waals surface area contributed by atoms with E-state index in [1.807, 2.05) is 0 Å². The predicted molar refractivity (Wildman–Crippen MR) is 108 cm³/mol. The highest BCUT2D eigenvalue weighted by molar-refractivity contribution is 7.79. The van der Waals surface area contributed by atoms with Crippen LogP contribution >= 0.6 is 7.92 Å². The molecule has 3 aromatic carbocycles. The van der Waals surface area contributed by atoms with Crippen LogP contribution in [-0.2, 0) is 14.3 Å². The lowest BCUT2D eigenvalue weighted by atomic mass is 10.4. The third-order valence-electron chi connectivity index (χ3n) is 3.69. The molecule has 0 amide bonds. The van der Waals surface area contributed by atoms with Crippen LogP contribution in [0, 0.1) is 0 Å². The van der Waals surface area contributed by atoms with Crippen LogP contribution in [0.15, 0.2) is 91.0 Å². The molecule has 0 aliphatic heterocycles. The second-order valence-corrected chi connectivity index (χ2v) is 8.23. The lowest BCUT2D eigenvalue weighted by molar-refractivity contribution is -0.221. The summed E-state index contributed by atoms with van der Waals surface area (Å²) in [5.41, 5.74) is 0. The van der Waals surface area contributed by atoms with Crippen LogP contribution in [0.5, 0.6) is 0 Å². The van der Waals surface area contributed by atoms with Gasteiger partial charge in [-0.15, -0.1) is 0 Å². The maximum atomic E-state index is 11.2. The molecule has 0 atom stereocenters. The van der Waals surface area contributed by atoms with E-state index in [-0.39, 0.29) is 0 Å². The Morgan fingerprint density at radius 2 is 0.781 bits per heavy atom. The Morgan fingerprint density at radius 3 is 1.00 bits per heavy atom. The Balaban J connectivity index is 0.000000247. The van der Waals surface area contributed by atoms with E-state index < -0.39 is 32.2 Å². The van der Waals surface area contributed by atoms with Crippen molar-refractivity contribution in [2.45, 2.75) is 12.4 Å². The largest absolute Gasteiger partial charge is 0.491 e. The summed E-state index contributed by atoms with van der Waals surface area (Å²) in [5, 5.41) is 4.19. The molecule has 0 bridgehead atoms. The van der Waals surface area contributed by atoms with Crippen molar-refractivity contribution in [3.8, 4) is 0 Å². The van der Waals surface area contributed by atoms with E-state index in [0.29, 0.717) is 0 Å². The topological polar surface area (TPSA) is 43.4 Å². The molecule has 0 aliphatic carbocycles. The number of esters is 2. The van der Waals surface area contributed by atoms with Crippen LogP contribution in [0.25, 0.3) is 0 Å². The predicted octanol–water partition coefficient (Wildman–Crippen LogP) is 4.63. The zero-order valence-electron chi connectivity index (χ0n) is 16.1. The van der Waals surface area contributed by atoms with E-state index in [2.05, 4.69) is 95.7 Å². The van der Waals surface area contributed by atoms with Crippen LogP contribution in [0.3, 0.4) is 0 Å². The van der Waals surface area contributed by atoms with Crippen LogP contribution in [0.2, 0.25) is 0 Å². The smallest absolute Gasteiger partial charge is 0.380 e. The van der Waals surface area contributed by atoms with Gasteiger partial charge in [-0.05, 0) is 23.8 Å². The molecule has 0 aromatic heterocycles. The van der Waals surface area contributed by atoms with Crippen molar-refractivity contribution in [3.05, 3.63) is 91.0 Å². The first-order chi connectivity index (χ1) is 15.0. The number of hydrogen-bond donors (Lipinski definition) is 0. The van der Waals surface area contributed by atoms with Crippen molar-refractivity contribution in [2.24, 2.45) is 0 Å². The van der Waals surface area contributed by atoms with Gasteiger partial charge >= 0.3 is 24.3 Å². The highest BCUT2D eigenvalue weighted by Crippen LogP contribution is 2.32. The second kappa shape index (κ2) is 10.9. The van der Waals surface area contributed by atoms with Gasteiger partial charge in [0.2, 0.25) is 0 Å². The van der Waals surface area contributed by atoms with Crippen molar-refractivity contribution in [3.63, 3.8) is 0 Å². The number of halogens is 6. The maximum absolute atomic E-state index is 11.2. The average molecular weight is 472 g/mol. The van der Waals surface area contributed by atoms with E-state index in [9.17, 15) is 35.9 Å². The maximum Gasteiger partial charge on any atom is 0.491 e. The van der Waals surface area contributed by atoms with Crippen molar-refractivity contribution in [2.75, 3.05) is 0 Å². The summed E-state index contributed by atoms with van der Waals surface area (Å²) < 4.78 is 69.7. The summed E-state index contributed by atoms with van der Waals surface area (Å²) in [6.07, 6.45) is -11.2. The fourth-order valence-electron chi connectivity index (χ4n) is 2.38. The van der Waals surface area contributed by atoms with Gasteiger partial charge in [-0.25, -0.2) is 9.59 Å². The minimum absolute atomic E-state index is 0.446. The summed E-state index contributed by atoms with van der Waals surface area (Å²) in [6, 6.07) is 32.3. The molecule has 0 saturated carbocycles. The summed E-state index contributed by atoms with van der Waals surface area (Å²) in [5.74, 6) is -6.40. The molecule has 0 saturated heterocycles. The van der Waals surface area contributed by atoms with Crippen molar-refractivity contribution >= 4 is 35.8 Å². The number of ether oxygens (including phenoxy) is 1. The number of alkyl halides is 6. The standard InChI is InChI=1S/C18H15P.C4F6O3/c1-4-10-16(11-5-1)19(17-12-6-2-7-13-17)18-14-8-3-9-15-18;5-3(6,7)1(11)13-2(12)4(8,9)10/h1-15H;. The summed E-state index contributed by atoms with van der Waals surface area (Å²) in [4.78, 5) is 19.3. The zero-order chi connectivity index (χ0) is 23.8. The fourth-order valence-corrected chi connectivity index (χ4v) is 4.68. The molecule has 0 heterocycles. The third-order valence-corrected chi connectivity index (χ3v) is 6.14. The quantitative estimate of drug-likeness (QED) is 0.242. The zero-order valence-corrected chi connectivity index (χ0v) is 17.0. The first-order valence-corrected chi connectivity index (χ1v) is 10.2. The first-order valence-electron chi connectivity index (χ1n) is 8.85. The Labute approximate surface area is 180 Å². The van der Waals surface area contributed by atoms with Gasteiger partial charge in [-0.2, -0.15) is 26.3 Å². The van der Waals surface area contributed by atoms with Gasteiger partial charge in [0.25, 0.3) is 0 Å². The molecule has 168 valence electrons. The lowest BCUT2D eigenvalue weighted by Gasteiger charge is -2.18. The van der Waals surface area contributed by atoms with E-state index in [1.165, 1.54) is 15.9 Å². The molecule has 0 aliphatic rings. The van der Waals surface area contributed by atoms with Gasteiger partial charge in [0, 0.05) is 0 Å². The van der Waals surface area contributed by atoms with E-state index in [4.69, 9.17) is 0 Å². The van der Waals surface area contributed by atoms with Crippen molar-refractivity contribution in [1.82, 2.24) is 0 Å². The summed E-state index contributed by atoms with van der Waals surface area (Å²) in [7, 11) is -0.446. The van der Waals surface area contributed by atoms with Gasteiger partial charge in [-0.1, -0.05) is 91.0 Å². The monoisotopic (exact) mass is 472 g/mol. The Bertz CT molecular complexity index is 889. The van der Waals surface area contributed by atoms with E-state index in [0.717, 1.165) is 0 Å². The SMILES string of the molecule is O=C(OC(=O)C(F)(F)F)C(F)(F)F.c1ccc(P(c2ccccc2)c2ccccc2)cc1. The molecule has 3 aromatic rings. The van der Waals surface area contributed by atoms with Crippen molar-refractivity contribution < 1.29 is 40.7 Å². The minimum atomic E-state index is -5.62. The molecule has 0 fully saturated rings. The number of carbonyl (C=O) groups is 2. The second-order valence-electron chi connectivity index (χ2n) is 6.01. The number of benzene rings is 3. The molecule has 3 rings (SSSR count). The molecule has 10 heteroatoms. The third kappa shape index (κ3) is 7.50. The fraction of sp³-hybridized carbons (Fsp3) is 0.0909. The number of carbonyl (C=O) groups excluding carboxylic acids is 2. The van der Waals surface area contributed by atoms with Gasteiger partial charge in [0.15, 0.2) is 0 Å². The normalized spacial score (nSPS) is 11.3. The number of rotatable bonds is 3. The molecule has 0 N–H and O–H groups in total. The van der Waals surface area contributed by atoms with Crippen LogP contribution in [0.4, 0.5) is 26.3 Å². The Hall–Kier alpha value is -3.19. The van der Waals surface area contributed by atoms with Gasteiger partial charge in [0.1, 0.15) is 0 Å².